The second-order valence-electron chi connectivity index (χ2n) is 6.98. The Balaban J connectivity index is 0.000000313. The number of hydrogen-bond donors (Lipinski definition) is 3. The summed E-state index contributed by atoms with van der Waals surface area (Å²) in [7, 11) is 0. The summed E-state index contributed by atoms with van der Waals surface area (Å²) in [5, 5.41) is 18.4. The number of halogens is 1. The molecule has 4 nitrogen and oxygen atoms in total. The quantitative estimate of drug-likeness (QED) is 0.711. The van der Waals surface area contributed by atoms with Crippen molar-refractivity contribution in [1.29, 1.82) is 0 Å². The zero-order valence-electron chi connectivity index (χ0n) is 15.5. The Morgan fingerprint density at radius 2 is 1.52 bits per heavy atom. The highest BCUT2D eigenvalue weighted by Crippen LogP contribution is 2.24. The Kier molecular flexibility index (Phi) is 8.43. The van der Waals surface area contributed by atoms with E-state index in [9.17, 15) is 14.3 Å². The maximum Gasteiger partial charge on any atom is 0.303 e. The summed E-state index contributed by atoms with van der Waals surface area (Å²) in [4.78, 5) is 10.5. The average molecular weight is 373 g/mol. The van der Waals surface area contributed by atoms with Crippen LogP contribution in [0.5, 0.6) is 0 Å². The van der Waals surface area contributed by atoms with Crippen LogP contribution in [0.3, 0.4) is 0 Å². The predicted molar refractivity (Wildman–Crippen MR) is 105 cm³/mol. The number of carboxylic acids is 1. The highest BCUT2D eigenvalue weighted by Gasteiger charge is 2.10. The van der Waals surface area contributed by atoms with Crippen LogP contribution >= 0.6 is 0 Å². The Morgan fingerprint density at radius 1 is 1.00 bits per heavy atom. The van der Waals surface area contributed by atoms with Gasteiger partial charge in [0.15, 0.2) is 0 Å². The smallest absolute Gasteiger partial charge is 0.303 e. The van der Waals surface area contributed by atoms with Crippen molar-refractivity contribution in [1.82, 2.24) is 0 Å². The number of aliphatic carboxylic acids is 1. The van der Waals surface area contributed by atoms with Crippen LogP contribution in [0, 0.1) is 5.82 Å². The SMILES string of the molecule is NC1CCCCC1.O=C(O)CCC(O)c1ccc(-c2ccc(F)cc2)cc1. The third-order valence-electron chi connectivity index (χ3n) is 4.75. The largest absolute Gasteiger partial charge is 0.481 e. The van der Waals surface area contributed by atoms with Crippen molar-refractivity contribution in [3.63, 3.8) is 0 Å². The maximum atomic E-state index is 12.8. The number of carboxylic acid groups (broad SMARTS) is 1. The monoisotopic (exact) mass is 373 g/mol. The lowest BCUT2D eigenvalue weighted by atomic mass is 9.97. The lowest BCUT2D eigenvalue weighted by Gasteiger charge is -2.15. The second kappa shape index (κ2) is 10.8. The normalized spacial score (nSPS) is 15.5. The molecule has 0 aliphatic heterocycles. The Morgan fingerprint density at radius 3 is 1.96 bits per heavy atom. The summed E-state index contributed by atoms with van der Waals surface area (Å²) >= 11 is 0. The van der Waals surface area contributed by atoms with Gasteiger partial charge in [0.05, 0.1) is 6.10 Å². The number of hydrogen-bond acceptors (Lipinski definition) is 3. The van der Waals surface area contributed by atoms with Gasteiger partial charge in [-0.05, 0) is 48.1 Å². The molecule has 0 bridgehead atoms. The van der Waals surface area contributed by atoms with E-state index >= 15 is 0 Å². The molecule has 1 aliphatic carbocycles. The molecule has 1 saturated carbocycles. The van der Waals surface area contributed by atoms with E-state index in [4.69, 9.17) is 10.8 Å². The van der Waals surface area contributed by atoms with E-state index in [0.717, 1.165) is 11.1 Å². The van der Waals surface area contributed by atoms with Gasteiger partial charge >= 0.3 is 5.97 Å². The summed E-state index contributed by atoms with van der Waals surface area (Å²) in [5.74, 6) is -1.21. The molecule has 4 N–H and O–H groups in total. The molecular formula is C22H28FNO3. The van der Waals surface area contributed by atoms with Crippen LogP contribution in [0.25, 0.3) is 11.1 Å². The van der Waals surface area contributed by atoms with Crippen molar-refractivity contribution in [2.24, 2.45) is 5.73 Å². The number of carbonyl (C=O) groups is 1. The fraction of sp³-hybridized carbons (Fsp3) is 0.409. The van der Waals surface area contributed by atoms with Crippen molar-refractivity contribution >= 4 is 5.97 Å². The lowest BCUT2D eigenvalue weighted by Crippen LogP contribution is -2.22. The van der Waals surface area contributed by atoms with E-state index in [-0.39, 0.29) is 18.7 Å². The molecule has 0 heterocycles. The van der Waals surface area contributed by atoms with Gasteiger partial charge in [0, 0.05) is 12.5 Å². The minimum Gasteiger partial charge on any atom is -0.481 e. The molecule has 1 fully saturated rings. The molecule has 1 unspecified atom stereocenters. The minimum atomic E-state index is -0.924. The third-order valence-corrected chi connectivity index (χ3v) is 4.75. The van der Waals surface area contributed by atoms with Crippen molar-refractivity contribution in [2.45, 2.75) is 57.1 Å². The number of aliphatic hydroxyl groups excluding tert-OH is 1. The van der Waals surface area contributed by atoms with Crippen LogP contribution in [-0.2, 0) is 4.79 Å². The van der Waals surface area contributed by atoms with Crippen LogP contribution < -0.4 is 5.73 Å². The Hall–Kier alpha value is -2.24. The second-order valence-corrected chi connectivity index (χ2v) is 6.98. The molecule has 146 valence electrons. The Bertz CT molecular complexity index is 695. The fourth-order valence-electron chi connectivity index (χ4n) is 3.10. The number of rotatable bonds is 5. The average Bonchev–Trinajstić information content (AvgIpc) is 2.68. The number of benzene rings is 2. The molecule has 3 rings (SSSR count). The fourth-order valence-corrected chi connectivity index (χ4v) is 3.10. The topological polar surface area (TPSA) is 83.6 Å². The summed E-state index contributed by atoms with van der Waals surface area (Å²) < 4.78 is 12.8. The molecule has 2 aromatic carbocycles. The first-order valence-electron chi connectivity index (χ1n) is 9.47. The van der Waals surface area contributed by atoms with E-state index in [1.165, 1.54) is 44.2 Å². The first-order valence-corrected chi connectivity index (χ1v) is 9.47. The minimum absolute atomic E-state index is 0.0686. The van der Waals surface area contributed by atoms with Crippen molar-refractivity contribution < 1.29 is 19.4 Å². The summed E-state index contributed by atoms with van der Waals surface area (Å²) in [6.45, 7) is 0. The highest BCUT2D eigenvalue weighted by atomic mass is 19.1. The van der Waals surface area contributed by atoms with E-state index in [2.05, 4.69) is 0 Å². The Labute approximate surface area is 159 Å². The number of aliphatic hydroxyl groups is 1. The predicted octanol–water partition coefficient (Wildman–Crippen LogP) is 4.67. The molecule has 27 heavy (non-hydrogen) atoms. The van der Waals surface area contributed by atoms with E-state index < -0.39 is 12.1 Å². The first-order chi connectivity index (χ1) is 13.0. The molecule has 1 aliphatic rings. The molecule has 0 spiro atoms. The number of nitrogens with two attached hydrogens (primary N) is 1. The lowest BCUT2D eigenvalue weighted by molar-refractivity contribution is -0.137. The molecule has 0 radical (unpaired) electrons. The van der Waals surface area contributed by atoms with Crippen molar-refractivity contribution in [2.75, 3.05) is 0 Å². The van der Waals surface area contributed by atoms with Gasteiger partial charge in [0.1, 0.15) is 5.82 Å². The van der Waals surface area contributed by atoms with Gasteiger partial charge in [0.25, 0.3) is 0 Å². The van der Waals surface area contributed by atoms with Gasteiger partial charge in [-0.25, -0.2) is 4.39 Å². The highest BCUT2D eigenvalue weighted by molar-refractivity contribution is 5.66. The van der Waals surface area contributed by atoms with Gasteiger partial charge in [0.2, 0.25) is 0 Å². The van der Waals surface area contributed by atoms with Crippen LogP contribution in [0.1, 0.15) is 56.6 Å². The van der Waals surface area contributed by atoms with Gasteiger partial charge in [-0.15, -0.1) is 0 Å². The van der Waals surface area contributed by atoms with Crippen LogP contribution in [0.4, 0.5) is 4.39 Å². The first kappa shape index (κ1) is 21.1. The molecule has 2 aromatic rings. The molecule has 5 heteroatoms. The molecule has 0 amide bonds. The van der Waals surface area contributed by atoms with Crippen LogP contribution in [0.2, 0.25) is 0 Å². The molecular weight excluding hydrogens is 345 g/mol. The van der Waals surface area contributed by atoms with Crippen LogP contribution in [-0.4, -0.2) is 22.2 Å². The third kappa shape index (κ3) is 7.49. The van der Waals surface area contributed by atoms with Crippen molar-refractivity contribution in [3.8, 4) is 11.1 Å². The summed E-state index contributed by atoms with van der Waals surface area (Å²) in [6.07, 6.45) is 6.00. The van der Waals surface area contributed by atoms with Gasteiger partial charge < -0.3 is 15.9 Å². The van der Waals surface area contributed by atoms with Crippen LogP contribution in [0.15, 0.2) is 48.5 Å². The van der Waals surface area contributed by atoms with Crippen molar-refractivity contribution in [3.05, 3.63) is 59.9 Å². The summed E-state index contributed by atoms with van der Waals surface area (Å²) in [5.41, 5.74) is 8.12. The van der Waals surface area contributed by atoms with Gasteiger partial charge in [-0.3, -0.25) is 4.79 Å². The molecule has 0 aromatic heterocycles. The maximum absolute atomic E-state index is 12.8. The molecule has 1 atom stereocenters. The zero-order valence-corrected chi connectivity index (χ0v) is 15.5. The molecule has 0 saturated heterocycles. The van der Waals surface area contributed by atoms with Gasteiger partial charge in [-0.1, -0.05) is 55.7 Å². The summed E-state index contributed by atoms with van der Waals surface area (Å²) in [6, 6.07) is 13.9. The van der Waals surface area contributed by atoms with E-state index in [1.807, 2.05) is 12.1 Å². The van der Waals surface area contributed by atoms with Gasteiger partial charge in [-0.2, -0.15) is 0 Å². The van der Waals surface area contributed by atoms with E-state index in [0.29, 0.717) is 11.6 Å². The zero-order chi connectivity index (χ0) is 19.6. The standard InChI is InChI=1S/C16H15FO3.C6H13N/c17-14-7-5-12(6-8-14)11-1-3-13(4-2-11)15(18)9-10-16(19)20;7-6-4-2-1-3-5-6/h1-8,15,18H,9-10H2,(H,19,20);6H,1-5,7H2. The van der Waals surface area contributed by atoms with E-state index in [1.54, 1.807) is 24.3 Å².